The molecule has 0 unspecified atom stereocenters. The second-order valence-electron chi connectivity index (χ2n) is 3.82. The normalized spacial score (nSPS) is 9.89. The second-order valence-corrected chi connectivity index (χ2v) is 4.22. The lowest BCUT2D eigenvalue weighted by Crippen LogP contribution is -2.10. The van der Waals surface area contributed by atoms with Crippen LogP contribution in [0, 0.1) is 17.1 Å². The van der Waals surface area contributed by atoms with E-state index in [1.807, 2.05) is 6.07 Å². The fourth-order valence-electron chi connectivity index (χ4n) is 1.67. The fraction of sp³-hybridized carbons (Fsp3) is 0.0714. The summed E-state index contributed by atoms with van der Waals surface area (Å²) in [6.07, 6.45) is 0. The summed E-state index contributed by atoms with van der Waals surface area (Å²) in [5, 5.41) is 9.23. The highest BCUT2D eigenvalue weighted by Gasteiger charge is 2.09. The molecule has 0 heterocycles. The third kappa shape index (κ3) is 2.44. The molecule has 0 spiro atoms. The third-order valence-corrected chi connectivity index (χ3v) is 2.94. The van der Waals surface area contributed by atoms with E-state index in [1.165, 1.54) is 12.1 Å². The Morgan fingerprint density at radius 3 is 2.61 bits per heavy atom. The van der Waals surface area contributed by atoms with Crippen molar-refractivity contribution < 1.29 is 4.39 Å². The van der Waals surface area contributed by atoms with Crippen molar-refractivity contribution in [1.82, 2.24) is 0 Å². The van der Waals surface area contributed by atoms with Gasteiger partial charge in [0, 0.05) is 12.7 Å². The van der Waals surface area contributed by atoms with Crippen molar-refractivity contribution in [2.24, 2.45) is 0 Å². The van der Waals surface area contributed by atoms with Crippen LogP contribution in [0.15, 0.2) is 42.5 Å². The molecule has 0 bridgehead atoms. The van der Waals surface area contributed by atoms with Crippen LogP contribution < -0.4 is 4.90 Å². The molecular weight excluding hydrogens is 251 g/mol. The van der Waals surface area contributed by atoms with E-state index in [2.05, 4.69) is 0 Å². The van der Waals surface area contributed by atoms with E-state index in [9.17, 15) is 4.39 Å². The number of nitrogens with zero attached hydrogens (tertiary/aromatic N) is 2. The number of anilines is 2. The Balaban J connectivity index is 2.40. The van der Waals surface area contributed by atoms with Gasteiger partial charge in [0.25, 0.3) is 0 Å². The van der Waals surface area contributed by atoms with Crippen molar-refractivity contribution in [3.05, 3.63) is 58.9 Å². The predicted octanol–water partition coefficient (Wildman–Crippen LogP) is 4.12. The van der Waals surface area contributed by atoms with E-state index >= 15 is 0 Å². The first kappa shape index (κ1) is 12.4. The molecule has 0 aliphatic heterocycles. The molecular formula is C14H10ClFN2. The van der Waals surface area contributed by atoms with Crippen molar-refractivity contribution in [3.8, 4) is 6.07 Å². The number of hydrogen-bond acceptors (Lipinski definition) is 2. The van der Waals surface area contributed by atoms with Gasteiger partial charge in [-0.2, -0.15) is 5.26 Å². The minimum absolute atomic E-state index is 0.302. The molecule has 0 aliphatic carbocycles. The first-order chi connectivity index (χ1) is 8.61. The van der Waals surface area contributed by atoms with Crippen molar-refractivity contribution in [1.29, 1.82) is 5.26 Å². The van der Waals surface area contributed by atoms with Crippen LogP contribution in [0.1, 0.15) is 5.56 Å². The highest BCUT2D eigenvalue weighted by Crippen LogP contribution is 2.31. The van der Waals surface area contributed by atoms with Gasteiger partial charge in [-0.3, -0.25) is 0 Å². The summed E-state index contributed by atoms with van der Waals surface area (Å²) in [4.78, 5) is 1.77. The van der Waals surface area contributed by atoms with Gasteiger partial charge in [0.15, 0.2) is 0 Å². The fourth-order valence-corrected chi connectivity index (χ4v) is 1.98. The molecule has 2 aromatic rings. The van der Waals surface area contributed by atoms with Gasteiger partial charge < -0.3 is 4.90 Å². The summed E-state index contributed by atoms with van der Waals surface area (Å²) in [5.74, 6) is -0.302. The molecule has 0 amide bonds. The SMILES string of the molecule is CN(c1cccc(F)c1)c1ccc(C#N)cc1Cl. The largest absolute Gasteiger partial charge is 0.343 e. The minimum Gasteiger partial charge on any atom is -0.343 e. The Labute approximate surface area is 110 Å². The molecule has 2 aromatic carbocycles. The number of halogens is 2. The highest BCUT2D eigenvalue weighted by atomic mass is 35.5. The quantitative estimate of drug-likeness (QED) is 0.812. The molecule has 0 fully saturated rings. The lowest BCUT2D eigenvalue weighted by molar-refractivity contribution is 0.628. The van der Waals surface area contributed by atoms with Gasteiger partial charge in [0.2, 0.25) is 0 Å². The Morgan fingerprint density at radius 2 is 2.00 bits per heavy atom. The van der Waals surface area contributed by atoms with Gasteiger partial charge in [-0.1, -0.05) is 17.7 Å². The molecule has 90 valence electrons. The maximum atomic E-state index is 13.2. The summed E-state index contributed by atoms with van der Waals surface area (Å²) in [7, 11) is 1.79. The van der Waals surface area contributed by atoms with Crippen molar-refractivity contribution in [2.45, 2.75) is 0 Å². The summed E-state index contributed by atoms with van der Waals surface area (Å²) >= 11 is 6.11. The van der Waals surface area contributed by atoms with Crippen LogP contribution in [-0.2, 0) is 0 Å². The van der Waals surface area contributed by atoms with Crippen LogP contribution in [0.4, 0.5) is 15.8 Å². The van der Waals surface area contributed by atoms with Gasteiger partial charge in [0.1, 0.15) is 5.82 Å². The van der Waals surface area contributed by atoms with Crippen molar-refractivity contribution in [2.75, 3.05) is 11.9 Å². The maximum Gasteiger partial charge on any atom is 0.125 e. The zero-order valence-electron chi connectivity index (χ0n) is 9.69. The van der Waals surface area contributed by atoms with Gasteiger partial charge in [-0.25, -0.2) is 4.39 Å². The predicted molar refractivity (Wildman–Crippen MR) is 70.6 cm³/mol. The third-order valence-electron chi connectivity index (χ3n) is 2.63. The lowest BCUT2D eigenvalue weighted by atomic mass is 10.2. The Kier molecular flexibility index (Phi) is 3.50. The molecule has 0 aliphatic rings. The topological polar surface area (TPSA) is 27.0 Å². The Bertz CT molecular complexity index is 619. The molecule has 0 N–H and O–H groups in total. The van der Waals surface area contributed by atoms with Gasteiger partial charge in [-0.15, -0.1) is 0 Å². The number of rotatable bonds is 2. The summed E-state index contributed by atoms with van der Waals surface area (Å²) in [6, 6.07) is 13.3. The first-order valence-electron chi connectivity index (χ1n) is 5.31. The summed E-state index contributed by atoms with van der Waals surface area (Å²) in [6.45, 7) is 0. The monoisotopic (exact) mass is 260 g/mol. The Morgan fingerprint density at radius 1 is 1.22 bits per heavy atom. The zero-order chi connectivity index (χ0) is 13.1. The van der Waals surface area contributed by atoms with E-state index in [4.69, 9.17) is 16.9 Å². The summed E-state index contributed by atoms with van der Waals surface area (Å²) < 4.78 is 13.2. The second kappa shape index (κ2) is 5.07. The van der Waals surface area contributed by atoms with Crippen LogP contribution in [0.2, 0.25) is 5.02 Å². The van der Waals surface area contributed by atoms with Crippen LogP contribution >= 0.6 is 11.6 Å². The van der Waals surface area contributed by atoms with Crippen LogP contribution in [0.5, 0.6) is 0 Å². The van der Waals surface area contributed by atoms with Crippen molar-refractivity contribution in [3.63, 3.8) is 0 Å². The highest BCUT2D eigenvalue weighted by molar-refractivity contribution is 6.33. The molecule has 4 heteroatoms. The molecule has 2 rings (SSSR count). The molecule has 0 atom stereocenters. The standard InChI is InChI=1S/C14H10ClFN2/c1-18(12-4-2-3-11(16)8-12)14-6-5-10(9-17)7-13(14)15/h2-8H,1H3. The van der Waals surface area contributed by atoms with E-state index in [1.54, 1.807) is 42.3 Å². The van der Waals surface area contributed by atoms with E-state index in [-0.39, 0.29) is 5.82 Å². The molecule has 0 aromatic heterocycles. The van der Waals surface area contributed by atoms with E-state index < -0.39 is 0 Å². The van der Waals surface area contributed by atoms with Crippen LogP contribution in [0.25, 0.3) is 0 Å². The minimum atomic E-state index is -0.302. The number of hydrogen-bond donors (Lipinski definition) is 0. The van der Waals surface area contributed by atoms with Crippen LogP contribution in [0.3, 0.4) is 0 Å². The molecule has 0 saturated heterocycles. The number of benzene rings is 2. The zero-order valence-corrected chi connectivity index (χ0v) is 10.4. The Hall–Kier alpha value is -2.05. The van der Waals surface area contributed by atoms with E-state index in [0.29, 0.717) is 16.3 Å². The number of nitriles is 1. The van der Waals surface area contributed by atoms with Crippen molar-refractivity contribution >= 4 is 23.0 Å². The van der Waals surface area contributed by atoms with Gasteiger partial charge >= 0.3 is 0 Å². The average Bonchev–Trinajstić information content (AvgIpc) is 2.37. The van der Waals surface area contributed by atoms with Gasteiger partial charge in [0.05, 0.1) is 22.3 Å². The lowest BCUT2D eigenvalue weighted by Gasteiger charge is -2.20. The molecule has 0 saturated carbocycles. The molecule has 18 heavy (non-hydrogen) atoms. The van der Waals surface area contributed by atoms with Crippen LogP contribution in [-0.4, -0.2) is 7.05 Å². The summed E-state index contributed by atoms with van der Waals surface area (Å²) in [5.41, 5.74) is 1.92. The average molecular weight is 261 g/mol. The maximum absolute atomic E-state index is 13.2. The molecule has 0 radical (unpaired) electrons. The smallest absolute Gasteiger partial charge is 0.125 e. The first-order valence-corrected chi connectivity index (χ1v) is 5.68. The van der Waals surface area contributed by atoms with E-state index in [0.717, 1.165) is 5.69 Å². The van der Waals surface area contributed by atoms with Gasteiger partial charge in [-0.05, 0) is 36.4 Å². The molecule has 2 nitrogen and oxygen atoms in total.